The Morgan fingerprint density at radius 1 is 1.10 bits per heavy atom. The molecule has 0 aliphatic carbocycles. The molecule has 7 heteroatoms. The van der Waals surface area contributed by atoms with Crippen LogP contribution >= 0.6 is 23.2 Å². The first-order chi connectivity index (χ1) is 14.5. The highest BCUT2D eigenvalue weighted by atomic mass is 35.5. The van der Waals surface area contributed by atoms with Crippen LogP contribution in [0.4, 0.5) is 0 Å². The molecule has 0 radical (unpaired) electrons. The van der Waals surface area contributed by atoms with Crippen LogP contribution < -0.4 is 4.74 Å². The molecule has 0 N–H and O–H groups in total. The average molecular weight is 440 g/mol. The van der Waals surface area contributed by atoms with Crippen LogP contribution in [0.15, 0.2) is 66.9 Å². The largest absolute Gasteiger partial charge is 0.481 e. The molecule has 2 aromatic carbocycles. The minimum Gasteiger partial charge on any atom is -0.481 e. The van der Waals surface area contributed by atoms with Crippen molar-refractivity contribution in [3.05, 3.63) is 93.7 Å². The Balaban J connectivity index is 1.81. The summed E-state index contributed by atoms with van der Waals surface area (Å²) in [5, 5.41) is 9.94. The Kier molecular flexibility index (Phi) is 7.29. The van der Waals surface area contributed by atoms with Gasteiger partial charge in [0, 0.05) is 12.7 Å². The van der Waals surface area contributed by atoms with Crippen molar-refractivity contribution in [2.45, 2.75) is 26.1 Å². The number of rotatable bonds is 7. The number of carbonyl (C=O) groups is 1. The maximum atomic E-state index is 13.2. The number of hydrogen-bond acceptors (Lipinski definition) is 4. The third-order valence-electron chi connectivity index (χ3n) is 4.37. The molecule has 1 aromatic heterocycles. The van der Waals surface area contributed by atoms with E-state index in [0.717, 1.165) is 11.3 Å². The van der Waals surface area contributed by atoms with Gasteiger partial charge >= 0.3 is 0 Å². The predicted molar refractivity (Wildman–Crippen MR) is 116 cm³/mol. The van der Waals surface area contributed by atoms with Crippen molar-refractivity contribution >= 4 is 29.1 Å². The number of nitriles is 1. The zero-order chi connectivity index (χ0) is 21.5. The van der Waals surface area contributed by atoms with Crippen LogP contribution in [0.2, 0.25) is 10.0 Å². The lowest BCUT2D eigenvalue weighted by molar-refractivity contribution is -0.139. The monoisotopic (exact) mass is 439 g/mol. The first-order valence-electron chi connectivity index (χ1n) is 9.25. The van der Waals surface area contributed by atoms with E-state index in [4.69, 9.17) is 33.2 Å². The lowest BCUT2D eigenvalue weighted by Gasteiger charge is -2.26. The Morgan fingerprint density at radius 2 is 1.93 bits per heavy atom. The van der Waals surface area contributed by atoms with Crippen LogP contribution in [0.5, 0.6) is 5.75 Å². The SMILES string of the molecule is CC(Oc1cccc(C#N)c1)C(=O)N(Cc1ccc(Cl)c(Cl)c1)Cc1ccccn1. The molecule has 3 aromatic rings. The van der Waals surface area contributed by atoms with Crippen molar-refractivity contribution < 1.29 is 9.53 Å². The minimum atomic E-state index is -0.759. The maximum absolute atomic E-state index is 13.2. The van der Waals surface area contributed by atoms with Crippen molar-refractivity contribution in [3.63, 3.8) is 0 Å². The number of amides is 1. The molecule has 1 atom stereocenters. The second-order valence-electron chi connectivity index (χ2n) is 6.66. The molecule has 0 saturated carbocycles. The highest BCUT2D eigenvalue weighted by Gasteiger charge is 2.23. The third kappa shape index (κ3) is 5.73. The van der Waals surface area contributed by atoms with Gasteiger partial charge in [0.25, 0.3) is 5.91 Å². The van der Waals surface area contributed by atoms with Gasteiger partial charge in [-0.15, -0.1) is 0 Å². The second-order valence-corrected chi connectivity index (χ2v) is 7.48. The van der Waals surface area contributed by atoms with Crippen LogP contribution in [0.25, 0.3) is 0 Å². The maximum Gasteiger partial charge on any atom is 0.263 e. The Labute approximate surface area is 185 Å². The van der Waals surface area contributed by atoms with E-state index in [1.54, 1.807) is 54.4 Å². The summed E-state index contributed by atoms with van der Waals surface area (Å²) in [7, 11) is 0. The topological polar surface area (TPSA) is 66.2 Å². The van der Waals surface area contributed by atoms with E-state index in [0.29, 0.717) is 34.4 Å². The van der Waals surface area contributed by atoms with Gasteiger partial charge in [-0.3, -0.25) is 9.78 Å². The van der Waals surface area contributed by atoms with Gasteiger partial charge in [0.15, 0.2) is 6.10 Å². The van der Waals surface area contributed by atoms with Crippen molar-refractivity contribution in [1.29, 1.82) is 5.26 Å². The van der Waals surface area contributed by atoms with Gasteiger partial charge in [-0.25, -0.2) is 0 Å². The molecule has 1 unspecified atom stereocenters. The van der Waals surface area contributed by atoms with Crippen molar-refractivity contribution in [1.82, 2.24) is 9.88 Å². The van der Waals surface area contributed by atoms with Gasteiger partial charge in [-0.1, -0.05) is 41.4 Å². The highest BCUT2D eigenvalue weighted by molar-refractivity contribution is 6.42. The molecule has 5 nitrogen and oxygen atoms in total. The summed E-state index contributed by atoms with van der Waals surface area (Å²) in [6, 6.07) is 19.6. The molecule has 0 bridgehead atoms. The molecule has 0 aliphatic rings. The predicted octanol–water partition coefficient (Wildman–Crippen LogP) is 5.26. The Hall–Kier alpha value is -3.07. The summed E-state index contributed by atoms with van der Waals surface area (Å²) >= 11 is 12.1. The molecule has 3 rings (SSSR count). The standard InChI is InChI=1S/C23H19Cl2N3O2/c1-16(30-20-7-4-5-17(11-20)13-26)23(29)28(15-19-6-2-3-10-27-19)14-18-8-9-21(24)22(25)12-18/h2-12,16H,14-15H2,1H3. The Bertz CT molecular complexity index is 1070. The fourth-order valence-corrected chi connectivity index (χ4v) is 3.23. The van der Waals surface area contributed by atoms with E-state index < -0.39 is 6.10 Å². The van der Waals surface area contributed by atoms with Gasteiger partial charge in [0.2, 0.25) is 0 Å². The molecule has 1 heterocycles. The van der Waals surface area contributed by atoms with E-state index in [-0.39, 0.29) is 5.91 Å². The molecule has 0 spiro atoms. The molecule has 0 aliphatic heterocycles. The lowest BCUT2D eigenvalue weighted by Crippen LogP contribution is -2.39. The van der Waals surface area contributed by atoms with Gasteiger partial charge in [-0.2, -0.15) is 5.26 Å². The van der Waals surface area contributed by atoms with E-state index in [2.05, 4.69) is 11.1 Å². The summed E-state index contributed by atoms with van der Waals surface area (Å²) < 4.78 is 5.81. The third-order valence-corrected chi connectivity index (χ3v) is 5.11. The molecule has 152 valence electrons. The van der Waals surface area contributed by atoms with Gasteiger partial charge in [-0.05, 0) is 55.0 Å². The molecular formula is C23H19Cl2N3O2. The summed E-state index contributed by atoms with van der Waals surface area (Å²) in [6.45, 7) is 2.31. The summed E-state index contributed by atoms with van der Waals surface area (Å²) in [5.41, 5.74) is 2.06. The zero-order valence-corrected chi connectivity index (χ0v) is 17.8. The second kappa shape index (κ2) is 10.1. The number of hydrogen-bond donors (Lipinski definition) is 0. The number of pyridine rings is 1. The fourth-order valence-electron chi connectivity index (χ4n) is 2.91. The molecular weight excluding hydrogens is 421 g/mol. The van der Waals surface area contributed by atoms with Crippen LogP contribution in [0.3, 0.4) is 0 Å². The quantitative estimate of drug-likeness (QED) is 0.503. The Morgan fingerprint density at radius 3 is 2.63 bits per heavy atom. The molecule has 30 heavy (non-hydrogen) atoms. The summed E-state index contributed by atoms with van der Waals surface area (Å²) in [5.74, 6) is 0.247. The first-order valence-corrected chi connectivity index (χ1v) is 10.0. The number of benzene rings is 2. The zero-order valence-electron chi connectivity index (χ0n) is 16.3. The first kappa shape index (κ1) is 21.6. The van der Waals surface area contributed by atoms with Crippen LogP contribution in [-0.2, 0) is 17.9 Å². The summed E-state index contributed by atoms with van der Waals surface area (Å²) in [4.78, 5) is 19.2. The normalized spacial score (nSPS) is 11.4. The van der Waals surface area contributed by atoms with E-state index in [9.17, 15) is 4.79 Å². The molecule has 1 amide bonds. The lowest BCUT2D eigenvalue weighted by atomic mass is 10.2. The van der Waals surface area contributed by atoms with Crippen molar-refractivity contribution in [2.75, 3.05) is 0 Å². The minimum absolute atomic E-state index is 0.214. The number of aromatic nitrogens is 1. The van der Waals surface area contributed by atoms with E-state index >= 15 is 0 Å². The summed E-state index contributed by atoms with van der Waals surface area (Å²) in [6.07, 6.45) is 0.926. The highest BCUT2D eigenvalue weighted by Crippen LogP contribution is 2.24. The number of ether oxygens (including phenoxy) is 1. The van der Waals surface area contributed by atoms with Gasteiger partial charge in [0.05, 0.1) is 33.9 Å². The van der Waals surface area contributed by atoms with E-state index in [1.165, 1.54) is 0 Å². The molecule has 0 saturated heterocycles. The van der Waals surface area contributed by atoms with Crippen LogP contribution in [0.1, 0.15) is 23.7 Å². The van der Waals surface area contributed by atoms with Gasteiger partial charge in [0.1, 0.15) is 5.75 Å². The molecule has 0 fully saturated rings. The van der Waals surface area contributed by atoms with Crippen molar-refractivity contribution in [2.24, 2.45) is 0 Å². The van der Waals surface area contributed by atoms with Gasteiger partial charge < -0.3 is 9.64 Å². The fraction of sp³-hybridized carbons (Fsp3) is 0.174. The van der Waals surface area contributed by atoms with Crippen LogP contribution in [-0.4, -0.2) is 21.9 Å². The van der Waals surface area contributed by atoms with Crippen LogP contribution in [0, 0.1) is 11.3 Å². The van der Waals surface area contributed by atoms with E-state index in [1.807, 2.05) is 24.3 Å². The average Bonchev–Trinajstić information content (AvgIpc) is 2.76. The van der Waals surface area contributed by atoms with Crippen molar-refractivity contribution in [3.8, 4) is 11.8 Å². The number of carbonyl (C=O) groups excluding carboxylic acids is 1. The number of nitrogens with zero attached hydrogens (tertiary/aromatic N) is 3. The smallest absolute Gasteiger partial charge is 0.263 e. The number of halogens is 2.